The van der Waals surface area contributed by atoms with Crippen molar-refractivity contribution in [3.63, 3.8) is 0 Å². The van der Waals surface area contributed by atoms with Crippen LogP contribution in [0.15, 0.2) is 90.5 Å². The molecule has 0 N–H and O–H groups in total. The standard InChI is InChI=1S/C24H21N2PS/c28-27(20-6-2-1-3-7-20)23(18-10-14-25-15-11-18)21-8-4-5-9-22(21)24(27)19-12-16-26-17-13-19/h1-3,6-7,10-17H,4-5,8-9H2. The summed E-state index contributed by atoms with van der Waals surface area (Å²) in [5.74, 6) is 0. The molecule has 3 heterocycles. The predicted molar refractivity (Wildman–Crippen MR) is 121 cm³/mol. The largest absolute Gasteiger partial charge is 0.265 e. The normalized spacial score (nSPS) is 18.3. The first kappa shape index (κ1) is 17.7. The lowest BCUT2D eigenvalue weighted by Crippen LogP contribution is -2.06. The summed E-state index contributed by atoms with van der Waals surface area (Å²) in [6, 6.07) is 17.1. The van der Waals surface area contributed by atoms with E-state index >= 15 is 0 Å². The molecule has 0 spiro atoms. The molecule has 28 heavy (non-hydrogen) atoms. The zero-order chi connectivity index (χ0) is 19.0. The highest BCUT2D eigenvalue weighted by Gasteiger charge is 2.41. The average molecular weight is 400 g/mol. The SMILES string of the molecule is S=P1(c2ccccc2)C(c2ccncc2)=C2CCCCC2=C1c1ccncc1. The Balaban J connectivity index is 1.86. The average Bonchev–Trinajstić information content (AvgIpc) is 3.05. The number of fused-ring (bicyclic) bond motifs is 1. The van der Waals surface area contributed by atoms with Crippen LogP contribution in [0.2, 0.25) is 0 Å². The molecule has 2 aromatic heterocycles. The van der Waals surface area contributed by atoms with E-state index in [0.717, 1.165) is 12.8 Å². The summed E-state index contributed by atoms with van der Waals surface area (Å²) in [6.07, 6.45) is 12.3. The van der Waals surface area contributed by atoms with E-state index in [1.807, 2.05) is 24.8 Å². The molecule has 0 saturated heterocycles. The number of hydrogen-bond donors (Lipinski definition) is 0. The van der Waals surface area contributed by atoms with Crippen molar-refractivity contribution >= 4 is 33.8 Å². The van der Waals surface area contributed by atoms with Crippen LogP contribution in [0.25, 0.3) is 10.6 Å². The van der Waals surface area contributed by atoms with Gasteiger partial charge in [-0.05, 0) is 77.5 Å². The summed E-state index contributed by atoms with van der Waals surface area (Å²) < 4.78 is 0. The Bertz CT molecular complexity index is 1050. The van der Waals surface area contributed by atoms with Crippen molar-refractivity contribution < 1.29 is 0 Å². The van der Waals surface area contributed by atoms with E-state index in [1.165, 1.54) is 51.0 Å². The number of hydrogen-bond acceptors (Lipinski definition) is 3. The summed E-state index contributed by atoms with van der Waals surface area (Å²) in [5, 5.41) is 4.05. The molecular formula is C24H21N2PS. The lowest BCUT2D eigenvalue weighted by molar-refractivity contribution is 0.685. The van der Waals surface area contributed by atoms with E-state index in [4.69, 9.17) is 11.8 Å². The molecule has 0 radical (unpaired) electrons. The molecule has 1 fully saturated rings. The van der Waals surface area contributed by atoms with E-state index in [2.05, 4.69) is 64.6 Å². The van der Waals surface area contributed by atoms with Crippen LogP contribution in [0.3, 0.4) is 0 Å². The minimum absolute atomic E-state index is 1.12. The van der Waals surface area contributed by atoms with Crippen molar-refractivity contribution in [2.45, 2.75) is 25.7 Å². The zero-order valence-corrected chi connectivity index (χ0v) is 17.3. The van der Waals surface area contributed by atoms with Crippen molar-refractivity contribution in [2.75, 3.05) is 0 Å². The molecule has 0 bridgehead atoms. The zero-order valence-electron chi connectivity index (χ0n) is 15.6. The molecule has 2 aliphatic rings. The van der Waals surface area contributed by atoms with Crippen LogP contribution in [-0.2, 0) is 11.8 Å². The fourth-order valence-electron chi connectivity index (χ4n) is 4.55. The van der Waals surface area contributed by atoms with Crippen molar-refractivity contribution in [3.8, 4) is 0 Å². The minimum Gasteiger partial charge on any atom is -0.265 e. The molecule has 2 nitrogen and oxygen atoms in total. The molecule has 0 atom stereocenters. The third kappa shape index (κ3) is 2.73. The number of benzene rings is 1. The maximum Gasteiger partial charge on any atom is 0.0396 e. The van der Waals surface area contributed by atoms with Gasteiger partial charge in [0.25, 0.3) is 0 Å². The van der Waals surface area contributed by atoms with Gasteiger partial charge in [0, 0.05) is 41.5 Å². The van der Waals surface area contributed by atoms with Crippen LogP contribution < -0.4 is 5.30 Å². The fraction of sp³-hybridized carbons (Fsp3) is 0.167. The van der Waals surface area contributed by atoms with Gasteiger partial charge in [-0.15, -0.1) is 0 Å². The molecule has 5 rings (SSSR count). The second kappa shape index (κ2) is 7.24. The first-order valence-electron chi connectivity index (χ1n) is 9.74. The van der Waals surface area contributed by atoms with Gasteiger partial charge < -0.3 is 0 Å². The molecule has 4 heteroatoms. The quantitative estimate of drug-likeness (QED) is 0.505. The lowest BCUT2D eigenvalue weighted by atomic mass is 9.87. The first-order valence-corrected chi connectivity index (χ1v) is 12.5. The number of allylic oxidation sites excluding steroid dienone is 2. The van der Waals surface area contributed by atoms with Gasteiger partial charge in [-0.3, -0.25) is 9.97 Å². The number of nitrogens with zero attached hydrogens (tertiary/aromatic N) is 2. The van der Waals surface area contributed by atoms with E-state index in [-0.39, 0.29) is 0 Å². The van der Waals surface area contributed by atoms with Crippen LogP contribution in [0.1, 0.15) is 36.8 Å². The highest BCUT2D eigenvalue weighted by atomic mass is 32.4. The number of pyridine rings is 2. The summed E-state index contributed by atoms with van der Waals surface area (Å²) >= 11 is 6.71. The van der Waals surface area contributed by atoms with Gasteiger partial charge in [0.2, 0.25) is 0 Å². The Morgan fingerprint density at radius 1 is 0.643 bits per heavy atom. The van der Waals surface area contributed by atoms with E-state index in [0.29, 0.717) is 0 Å². The molecule has 1 aromatic carbocycles. The minimum atomic E-state index is -2.15. The Kier molecular flexibility index (Phi) is 4.58. The molecule has 0 amide bonds. The van der Waals surface area contributed by atoms with E-state index < -0.39 is 6.04 Å². The van der Waals surface area contributed by atoms with Gasteiger partial charge in [0.1, 0.15) is 0 Å². The fourth-order valence-corrected chi connectivity index (χ4v) is 9.82. The highest BCUT2D eigenvalue weighted by molar-refractivity contribution is 8.28. The van der Waals surface area contributed by atoms with Gasteiger partial charge >= 0.3 is 0 Å². The molecule has 138 valence electrons. The number of aromatic nitrogens is 2. The van der Waals surface area contributed by atoms with Crippen LogP contribution in [-0.4, -0.2) is 9.97 Å². The van der Waals surface area contributed by atoms with Gasteiger partial charge in [-0.25, -0.2) is 0 Å². The Morgan fingerprint density at radius 2 is 1.11 bits per heavy atom. The van der Waals surface area contributed by atoms with Gasteiger partial charge in [-0.1, -0.05) is 42.1 Å². The third-order valence-corrected chi connectivity index (χ3v) is 10.8. The Morgan fingerprint density at radius 3 is 1.57 bits per heavy atom. The maximum absolute atomic E-state index is 6.71. The molecule has 0 unspecified atom stereocenters. The lowest BCUT2D eigenvalue weighted by Gasteiger charge is -2.26. The second-order valence-corrected chi connectivity index (χ2v) is 11.6. The molecule has 1 saturated carbocycles. The second-order valence-electron chi connectivity index (χ2n) is 7.28. The van der Waals surface area contributed by atoms with Gasteiger partial charge in [0.15, 0.2) is 0 Å². The van der Waals surface area contributed by atoms with Crippen LogP contribution in [0.5, 0.6) is 0 Å². The highest BCUT2D eigenvalue weighted by Crippen LogP contribution is 2.75. The third-order valence-electron chi connectivity index (χ3n) is 5.70. The summed E-state index contributed by atoms with van der Waals surface area (Å²) in [7, 11) is 0. The van der Waals surface area contributed by atoms with Crippen molar-refractivity contribution in [1.82, 2.24) is 9.97 Å². The summed E-state index contributed by atoms with van der Waals surface area (Å²) in [6.45, 7) is 0. The smallest absolute Gasteiger partial charge is 0.0396 e. The molecule has 1 aliphatic heterocycles. The summed E-state index contributed by atoms with van der Waals surface area (Å²) in [5.41, 5.74) is 5.47. The van der Waals surface area contributed by atoms with E-state index in [9.17, 15) is 0 Å². The Labute approximate surface area is 171 Å². The van der Waals surface area contributed by atoms with Crippen LogP contribution in [0, 0.1) is 0 Å². The maximum atomic E-state index is 6.71. The van der Waals surface area contributed by atoms with E-state index in [1.54, 1.807) is 0 Å². The van der Waals surface area contributed by atoms with Gasteiger partial charge in [0.05, 0.1) is 0 Å². The topological polar surface area (TPSA) is 25.8 Å². The molecule has 3 aromatic rings. The van der Waals surface area contributed by atoms with Crippen LogP contribution in [0.4, 0.5) is 0 Å². The predicted octanol–water partition coefficient (Wildman–Crippen LogP) is 5.99. The van der Waals surface area contributed by atoms with Crippen molar-refractivity contribution in [3.05, 3.63) is 102 Å². The van der Waals surface area contributed by atoms with Crippen molar-refractivity contribution in [1.29, 1.82) is 0 Å². The first-order chi connectivity index (χ1) is 13.8. The molecule has 1 aliphatic carbocycles. The summed E-state index contributed by atoms with van der Waals surface area (Å²) in [4.78, 5) is 8.50. The Hall–Kier alpha value is -2.35. The van der Waals surface area contributed by atoms with Crippen LogP contribution >= 0.6 is 6.04 Å². The molecular weight excluding hydrogens is 379 g/mol. The van der Waals surface area contributed by atoms with Crippen molar-refractivity contribution in [2.24, 2.45) is 0 Å². The van der Waals surface area contributed by atoms with Gasteiger partial charge in [-0.2, -0.15) is 0 Å². The number of rotatable bonds is 3. The monoisotopic (exact) mass is 400 g/mol.